The minimum atomic E-state index is -0.761. The van der Waals surface area contributed by atoms with Crippen LogP contribution in [0.15, 0.2) is 24.3 Å². The van der Waals surface area contributed by atoms with Crippen LogP contribution in [0.2, 0.25) is 0 Å². The standard InChI is InChI=1S/C24H38N4O4/c1-23(2,3)32-22(31)28-15-12-24(16-28)10-13-27(14-11-24)18-6-4-17(5-7-18)25-19-8-9-20(29)26-21(19)30/h4-7,19-21,25-26,29-30H,8-16H2,1-3H3. The van der Waals surface area contributed by atoms with E-state index in [1.165, 1.54) is 5.69 Å². The Hall–Kier alpha value is -2.03. The minimum Gasteiger partial charge on any atom is -0.444 e. The lowest BCUT2D eigenvalue weighted by atomic mass is 9.77. The molecule has 3 atom stereocenters. The fraction of sp³-hybridized carbons (Fsp3) is 0.708. The van der Waals surface area contributed by atoms with Crippen molar-refractivity contribution in [3.63, 3.8) is 0 Å². The van der Waals surface area contributed by atoms with E-state index in [4.69, 9.17) is 4.74 Å². The van der Waals surface area contributed by atoms with E-state index in [0.717, 1.165) is 51.1 Å². The number of rotatable bonds is 3. The second kappa shape index (κ2) is 9.08. The number of hydrogen-bond donors (Lipinski definition) is 4. The van der Waals surface area contributed by atoms with Crippen molar-refractivity contribution in [2.45, 2.75) is 77.0 Å². The third kappa shape index (κ3) is 5.47. The molecule has 3 aliphatic heterocycles. The van der Waals surface area contributed by atoms with Gasteiger partial charge in [-0.3, -0.25) is 5.32 Å². The highest BCUT2D eigenvalue weighted by molar-refractivity contribution is 5.68. The molecule has 3 saturated heterocycles. The molecule has 1 spiro atoms. The summed E-state index contributed by atoms with van der Waals surface area (Å²) in [6.07, 6.45) is 2.96. The second-order valence-electron chi connectivity index (χ2n) is 10.6. The van der Waals surface area contributed by atoms with E-state index in [1.807, 2.05) is 25.7 Å². The Bertz CT molecular complexity index is 786. The SMILES string of the molecule is CC(C)(C)OC(=O)N1CCC2(CCN(c3ccc(NC4CCC(O)NC4O)cc3)CC2)C1. The van der Waals surface area contributed by atoms with Crippen molar-refractivity contribution in [2.24, 2.45) is 5.41 Å². The summed E-state index contributed by atoms with van der Waals surface area (Å²) >= 11 is 0. The van der Waals surface area contributed by atoms with Crippen LogP contribution in [-0.4, -0.2) is 71.5 Å². The van der Waals surface area contributed by atoms with Crippen molar-refractivity contribution < 1.29 is 19.7 Å². The number of aliphatic hydroxyl groups excluding tert-OH is 2. The molecule has 0 aromatic heterocycles. The fourth-order valence-corrected chi connectivity index (χ4v) is 5.09. The molecule has 8 heteroatoms. The lowest BCUT2D eigenvalue weighted by Gasteiger charge is -2.40. The average molecular weight is 447 g/mol. The Labute approximate surface area is 190 Å². The molecule has 3 aliphatic rings. The first-order chi connectivity index (χ1) is 15.1. The molecule has 1 aromatic carbocycles. The highest BCUT2D eigenvalue weighted by Crippen LogP contribution is 2.41. The first kappa shape index (κ1) is 23.1. The third-order valence-corrected chi connectivity index (χ3v) is 6.99. The number of aliphatic hydroxyl groups is 2. The lowest BCUT2D eigenvalue weighted by molar-refractivity contribution is -0.00339. The zero-order valence-corrected chi connectivity index (χ0v) is 19.5. The van der Waals surface area contributed by atoms with Gasteiger partial charge in [0.25, 0.3) is 0 Å². The highest BCUT2D eigenvalue weighted by Gasteiger charge is 2.43. The molecule has 4 N–H and O–H groups in total. The van der Waals surface area contributed by atoms with Crippen LogP contribution in [0.25, 0.3) is 0 Å². The summed E-state index contributed by atoms with van der Waals surface area (Å²) in [5.74, 6) is 0. The number of likely N-dealkylation sites (tertiary alicyclic amines) is 1. The highest BCUT2D eigenvalue weighted by atomic mass is 16.6. The molecule has 1 aromatic rings. The van der Waals surface area contributed by atoms with E-state index in [9.17, 15) is 15.0 Å². The van der Waals surface area contributed by atoms with Crippen LogP contribution >= 0.6 is 0 Å². The van der Waals surface area contributed by atoms with Gasteiger partial charge in [-0.15, -0.1) is 0 Å². The largest absolute Gasteiger partial charge is 0.444 e. The Balaban J connectivity index is 1.28. The zero-order chi connectivity index (χ0) is 22.9. The van der Waals surface area contributed by atoms with Crippen LogP contribution in [0.1, 0.15) is 52.9 Å². The fourth-order valence-electron chi connectivity index (χ4n) is 5.09. The van der Waals surface area contributed by atoms with E-state index in [0.29, 0.717) is 12.8 Å². The predicted molar refractivity (Wildman–Crippen MR) is 125 cm³/mol. The number of amides is 1. The molecule has 3 fully saturated rings. The predicted octanol–water partition coefficient (Wildman–Crippen LogP) is 2.71. The molecule has 4 rings (SSSR count). The van der Waals surface area contributed by atoms with Crippen molar-refractivity contribution in [3.8, 4) is 0 Å². The van der Waals surface area contributed by atoms with Gasteiger partial charge in [0, 0.05) is 37.6 Å². The molecule has 1 amide bonds. The Morgan fingerprint density at radius 3 is 2.38 bits per heavy atom. The molecule has 32 heavy (non-hydrogen) atoms. The van der Waals surface area contributed by atoms with Crippen molar-refractivity contribution >= 4 is 17.5 Å². The minimum absolute atomic E-state index is 0.116. The smallest absolute Gasteiger partial charge is 0.410 e. The topological polar surface area (TPSA) is 97.3 Å². The van der Waals surface area contributed by atoms with E-state index in [2.05, 4.69) is 39.8 Å². The zero-order valence-electron chi connectivity index (χ0n) is 19.5. The molecule has 3 unspecified atom stereocenters. The van der Waals surface area contributed by atoms with Gasteiger partial charge in [-0.25, -0.2) is 4.79 Å². The van der Waals surface area contributed by atoms with Crippen molar-refractivity contribution in [1.82, 2.24) is 10.2 Å². The Morgan fingerprint density at radius 2 is 1.75 bits per heavy atom. The average Bonchev–Trinajstić information content (AvgIpc) is 3.14. The van der Waals surface area contributed by atoms with Gasteiger partial charge < -0.3 is 30.1 Å². The van der Waals surface area contributed by atoms with E-state index < -0.39 is 18.1 Å². The number of piperidine rings is 2. The van der Waals surface area contributed by atoms with Gasteiger partial charge in [-0.05, 0) is 82.6 Å². The maximum atomic E-state index is 12.4. The number of nitrogens with zero attached hydrogens (tertiary/aromatic N) is 2. The van der Waals surface area contributed by atoms with Crippen molar-refractivity contribution in [1.29, 1.82) is 0 Å². The van der Waals surface area contributed by atoms with E-state index >= 15 is 0 Å². The Morgan fingerprint density at radius 1 is 1.09 bits per heavy atom. The summed E-state index contributed by atoms with van der Waals surface area (Å²) in [5.41, 5.74) is 1.92. The first-order valence-corrected chi connectivity index (χ1v) is 11.8. The second-order valence-corrected chi connectivity index (χ2v) is 10.6. The summed E-state index contributed by atoms with van der Waals surface area (Å²) < 4.78 is 5.56. The summed E-state index contributed by atoms with van der Waals surface area (Å²) in [6, 6.07) is 8.24. The Kier molecular flexibility index (Phi) is 6.56. The maximum absolute atomic E-state index is 12.4. The molecule has 0 radical (unpaired) electrons. The van der Waals surface area contributed by atoms with Gasteiger partial charge in [-0.2, -0.15) is 0 Å². The van der Waals surface area contributed by atoms with Crippen molar-refractivity contribution in [3.05, 3.63) is 24.3 Å². The molecule has 8 nitrogen and oxygen atoms in total. The number of nitrogens with one attached hydrogen (secondary N) is 2. The first-order valence-electron chi connectivity index (χ1n) is 11.8. The molecule has 178 valence electrons. The molecular weight excluding hydrogens is 408 g/mol. The maximum Gasteiger partial charge on any atom is 0.410 e. The van der Waals surface area contributed by atoms with Gasteiger partial charge in [0.05, 0.1) is 6.04 Å². The molecule has 0 saturated carbocycles. The summed E-state index contributed by atoms with van der Waals surface area (Å²) in [5, 5.41) is 25.8. The van der Waals surface area contributed by atoms with Gasteiger partial charge in [0.1, 0.15) is 18.1 Å². The monoisotopic (exact) mass is 446 g/mol. The van der Waals surface area contributed by atoms with E-state index in [-0.39, 0.29) is 17.6 Å². The van der Waals surface area contributed by atoms with Gasteiger partial charge in [0.2, 0.25) is 0 Å². The summed E-state index contributed by atoms with van der Waals surface area (Å²) in [7, 11) is 0. The van der Waals surface area contributed by atoms with Gasteiger partial charge in [0.15, 0.2) is 0 Å². The van der Waals surface area contributed by atoms with Gasteiger partial charge in [-0.1, -0.05) is 0 Å². The summed E-state index contributed by atoms with van der Waals surface area (Å²) in [4.78, 5) is 16.7. The van der Waals surface area contributed by atoms with E-state index in [1.54, 1.807) is 0 Å². The number of anilines is 2. The van der Waals surface area contributed by atoms with Crippen molar-refractivity contribution in [2.75, 3.05) is 36.4 Å². The molecule has 0 aliphatic carbocycles. The van der Waals surface area contributed by atoms with Gasteiger partial charge >= 0.3 is 6.09 Å². The third-order valence-electron chi connectivity index (χ3n) is 6.99. The van der Waals surface area contributed by atoms with Crippen LogP contribution in [0.3, 0.4) is 0 Å². The molecule has 3 heterocycles. The van der Waals surface area contributed by atoms with Crippen LogP contribution in [0, 0.1) is 5.41 Å². The van der Waals surface area contributed by atoms with Crippen LogP contribution in [0.4, 0.5) is 16.2 Å². The number of ether oxygens (including phenoxy) is 1. The summed E-state index contributed by atoms with van der Waals surface area (Å²) in [6.45, 7) is 9.28. The number of benzene rings is 1. The normalized spacial score (nSPS) is 28.1. The van der Waals surface area contributed by atoms with Crippen LogP contribution in [-0.2, 0) is 4.74 Å². The number of hydrogen-bond acceptors (Lipinski definition) is 7. The number of carbonyl (C=O) groups is 1. The number of carbonyl (C=O) groups excluding carboxylic acids is 1. The molecular formula is C24H38N4O4. The quantitative estimate of drug-likeness (QED) is 0.567. The van der Waals surface area contributed by atoms with Crippen LogP contribution in [0.5, 0.6) is 0 Å². The lowest BCUT2D eigenvalue weighted by Crippen LogP contribution is -2.53. The molecule has 0 bridgehead atoms. The van der Waals surface area contributed by atoms with Crippen LogP contribution < -0.4 is 15.5 Å².